The van der Waals surface area contributed by atoms with Gasteiger partial charge in [-0.25, -0.2) is 9.78 Å². The molecule has 6 nitrogen and oxygen atoms in total. The van der Waals surface area contributed by atoms with E-state index in [0.717, 1.165) is 0 Å². The molecule has 2 N–H and O–H groups in total. The number of esters is 1. The second-order valence-corrected chi connectivity index (χ2v) is 3.81. The van der Waals surface area contributed by atoms with Crippen LogP contribution in [0.25, 0.3) is 11.0 Å². The van der Waals surface area contributed by atoms with Crippen molar-refractivity contribution in [1.29, 1.82) is 0 Å². The molecule has 0 aromatic carbocycles. The van der Waals surface area contributed by atoms with Gasteiger partial charge in [-0.05, 0) is 12.3 Å². The van der Waals surface area contributed by atoms with E-state index in [2.05, 4.69) is 19.7 Å². The average Bonchev–Trinajstić information content (AvgIpc) is 2.72. The highest BCUT2D eigenvalue weighted by molar-refractivity contribution is 7.98. The summed E-state index contributed by atoms with van der Waals surface area (Å²) in [5, 5.41) is 0.842. The molecular formula is C9H9N3O3S. The van der Waals surface area contributed by atoms with Crippen LogP contribution in [-0.2, 0) is 4.74 Å². The van der Waals surface area contributed by atoms with Gasteiger partial charge in [0, 0.05) is 0 Å². The zero-order valence-electron chi connectivity index (χ0n) is 8.66. The maximum Gasteiger partial charge on any atom is 0.354 e. The number of nitrogens with one attached hydrogen (secondary N) is 2. The van der Waals surface area contributed by atoms with Crippen molar-refractivity contribution in [3.05, 3.63) is 22.1 Å². The molecule has 0 aliphatic heterocycles. The fraction of sp³-hybridized carbons (Fsp3) is 0.222. The summed E-state index contributed by atoms with van der Waals surface area (Å²) in [6.07, 6.45) is 1.80. The van der Waals surface area contributed by atoms with E-state index in [1.165, 1.54) is 24.9 Å². The molecule has 2 rings (SSSR count). The Balaban J connectivity index is 2.66. The molecule has 0 bridgehead atoms. The van der Waals surface area contributed by atoms with Gasteiger partial charge in [-0.15, -0.1) is 0 Å². The highest BCUT2D eigenvalue weighted by atomic mass is 32.2. The van der Waals surface area contributed by atoms with Gasteiger partial charge in [0.1, 0.15) is 11.3 Å². The first-order valence-electron chi connectivity index (χ1n) is 4.41. The van der Waals surface area contributed by atoms with Crippen molar-refractivity contribution in [3.8, 4) is 0 Å². The molecule has 0 amide bonds. The van der Waals surface area contributed by atoms with E-state index < -0.39 is 5.97 Å². The fourth-order valence-electron chi connectivity index (χ4n) is 1.32. The third-order valence-corrected chi connectivity index (χ3v) is 2.65. The number of rotatable bonds is 2. The first-order chi connectivity index (χ1) is 7.65. The lowest BCUT2D eigenvalue weighted by Gasteiger charge is -1.94. The standard InChI is InChI=1S/C9H9N3O3S/c1-15-8(14)5-3-4-6(10-5)11-9(16-2)12-7(4)13/h3H,1-2H3,(H2,10,11,12,13). The summed E-state index contributed by atoms with van der Waals surface area (Å²) in [5.41, 5.74) is 0.322. The Labute approximate surface area is 94.4 Å². The van der Waals surface area contributed by atoms with Crippen LogP contribution in [0.3, 0.4) is 0 Å². The summed E-state index contributed by atoms with van der Waals surface area (Å²) in [6, 6.07) is 1.43. The Morgan fingerprint density at radius 1 is 1.50 bits per heavy atom. The van der Waals surface area contributed by atoms with Gasteiger partial charge in [0.2, 0.25) is 0 Å². The Morgan fingerprint density at radius 3 is 2.88 bits per heavy atom. The molecule has 2 aromatic rings. The first-order valence-corrected chi connectivity index (χ1v) is 5.63. The molecule has 2 aromatic heterocycles. The van der Waals surface area contributed by atoms with Gasteiger partial charge in [0.15, 0.2) is 5.16 Å². The Kier molecular flexibility index (Phi) is 2.69. The monoisotopic (exact) mass is 239 g/mol. The van der Waals surface area contributed by atoms with Crippen molar-refractivity contribution in [3.63, 3.8) is 0 Å². The second-order valence-electron chi connectivity index (χ2n) is 3.01. The first kappa shape index (κ1) is 10.7. The predicted octanol–water partition coefficient (Wildman–Crippen LogP) is 0.760. The largest absolute Gasteiger partial charge is 0.464 e. The number of H-pyrrole nitrogens is 2. The number of ether oxygens (including phenoxy) is 1. The van der Waals surface area contributed by atoms with Crippen LogP contribution in [0.2, 0.25) is 0 Å². The zero-order valence-corrected chi connectivity index (χ0v) is 9.47. The summed E-state index contributed by atoms with van der Waals surface area (Å²) >= 11 is 1.32. The number of carbonyl (C=O) groups is 1. The highest BCUT2D eigenvalue weighted by Crippen LogP contribution is 2.13. The maximum atomic E-state index is 11.6. The summed E-state index contributed by atoms with van der Waals surface area (Å²) in [5.74, 6) is -0.525. The lowest BCUT2D eigenvalue weighted by atomic mass is 10.3. The van der Waals surface area contributed by atoms with Gasteiger partial charge in [-0.3, -0.25) is 4.79 Å². The predicted molar refractivity (Wildman–Crippen MR) is 59.8 cm³/mol. The van der Waals surface area contributed by atoms with E-state index in [0.29, 0.717) is 16.2 Å². The van der Waals surface area contributed by atoms with Gasteiger partial charge >= 0.3 is 5.97 Å². The van der Waals surface area contributed by atoms with E-state index in [-0.39, 0.29) is 11.3 Å². The Bertz CT molecular complexity index is 602. The molecule has 0 aliphatic carbocycles. The van der Waals surface area contributed by atoms with Crippen LogP contribution in [0.1, 0.15) is 10.5 Å². The number of hydrogen-bond donors (Lipinski definition) is 2. The molecule has 0 saturated heterocycles. The number of fused-ring (bicyclic) bond motifs is 1. The van der Waals surface area contributed by atoms with Crippen LogP contribution in [-0.4, -0.2) is 34.3 Å². The normalized spacial score (nSPS) is 10.6. The van der Waals surface area contributed by atoms with Crippen molar-refractivity contribution >= 4 is 28.8 Å². The van der Waals surface area contributed by atoms with E-state index >= 15 is 0 Å². The van der Waals surface area contributed by atoms with Crippen molar-refractivity contribution in [1.82, 2.24) is 15.0 Å². The molecule has 0 spiro atoms. The SMILES string of the molecule is COC(=O)c1cc2c(=O)[nH]c(SC)nc2[nH]1. The summed E-state index contributed by atoms with van der Waals surface area (Å²) in [6.45, 7) is 0. The van der Waals surface area contributed by atoms with Crippen LogP contribution < -0.4 is 5.56 Å². The number of thioether (sulfide) groups is 1. The third-order valence-electron chi connectivity index (χ3n) is 2.07. The molecule has 0 radical (unpaired) electrons. The Morgan fingerprint density at radius 2 is 2.25 bits per heavy atom. The number of methoxy groups -OCH3 is 1. The lowest BCUT2D eigenvalue weighted by molar-refractivity contribution is 0.0595. The van der Waals surface area contributed by atoms with Crippen molar-refractivity contribution < 1.29 is 9.53 Å². The van der Waals surface area contributed by atoms with Crippen LogP contribution >= 0.6 is 11.8 Å². The zero-order chi connectivity index (χ0) is 11.7. The molecule has 0 unspecified atom stereocenters. The van der Waals surface area contributed by atoms with Gasteiger partial charge in [0.25, 0.3) is 5.56 Å². The van der Waals surface area contributed by atoms with Crippen LogP contribution in [0.4, 0.5) is 0 Å². The molecule has 7 heteroatoms. The molecule has 16 heavy (non-hydrogen) atoms. The minimum absolute atomic E-state index is 0.216. The number of carbonyl (C=O) groups excluding carboxylic acids is 1. The number of nitrogens with zero attached hydrogens (tertiary/aromatic N) is 1. The molecule has 0 fully saturated rings. The van der Waals surface area contributed by atoms with Gasteiger partial charge in [-0.1, -0.05) is 11.8 Å². The summed E-state index contributed by atoms with van der Waals surface area (Å²) < 4.78 is 4.55. The van der Waals surface area contributed by atoms with Gasteiger partial charge in [-0.2, -0.15) is 0 Å². The maximum absolute atomic E-state index is 11.6. The third kappa shape index (κ3) is 1.69. The van der Waals surface area contributed by atoms with Crippen LogP contribution in [0.15, 0.2) is 16.0 Å². The van der Waals surface area contributed by atoms with Gasteiger partial charge in [0.05, 0.1) is 12.5 Å². The lowest BCUT2D eigenvalue weighted by Crippen LogP contribution is -2.07. The Hall–Kier alpha value is -1.76. The van der Waals surface area contributed by atoms with E-state index in [9.17, 15) is 9.59 Å². The summed E-state index contributed by atoms with van der Waals surface area (Å²) in [7, 11) is 1.28. The fourth-order valence-corrected chi connectivity index (χ4v) is 1.69. The molecule has 0 aliphatic rings. The molecule has 84 valence electrons. The minimum Gasteiger partial charge on any atom is -0.464 e. The van der Waals surface area contributed by atoms with E-state index in [1.54, 1.807) is 6.26 Å². The molecule has 0 saturated carbocycles. The second kappa shape index (κ2) is 4.01. The van der Waals surface area contributed by atoms with E-state index in [1.807, 2.05) is 0 Å². The smallest absolute Gasteiger partial charge is 0.354 e. The number of aromatic nitrogens is 3. The highest BCUT2D eigenvalue weighted by Gasteiger charge is 2.12. The molecule has 2 heterocycles. The molecular weight excluding hydrogens is 230 g/mol. The molecule has 0 atom stereocenters. The topological polar surface area (TPSA) is 87.8 Å². The average molecular weight is 239 g/mol. The summed E-state index contributed by atoms with van der Waals surface area (Å²) in [4.78, 5) is 32.3. The quantitative estimate of drug-likeness (QED) is 0.459. The van der Waals surface area contributed by atoms with Crippen LogP contribution in [0.5, 0.6) is 0 Å². The van der Waals surface area contributed by atoms with Crippen molar-refractivity contribution in [2.75, 3.05) is 13.4 Å². The van der Waals surface area contributed by atoms with Crippen LogP contribution in [0, 0.1) is 0 Å². The van der Waals surface area contributed by atoms with Crippen molar-refractivity contribution in [2.45, 2.75) is 5.16 Å². The van der Waals surface area contributed by atoms with Gasteiger partial charge < -0.3 is 14.7 Å². The number of hydrogen-bond acceptors (Lipinski definition) is 5. The minimum atomic E-state index is -0.525. The van der Waals surface area contributed by atoms with E-state index in [4.69, 9.17) is 0 Å². The van der Waals surface area contributed by atoms with Crippen molar-refractivity contribution in [2.24, 2.45) is 0 Å². The number of aromatic amines is 2.